The molecule has 4 aromatic rings. The van der Waals surface area contributed by atoms with Crippen LogP contribution in [0.5, 0.6) is 0 Å². The number of benzene rings is 3. The Bertz CT molecular complexity index is 1090. The van der Waals surface area contributed by atoms with E-state index in [4.69, 9.17) is 4.84 Å². The second-order valence-corrected chi connectivity index (χ2v) is 7.60. The fourth-order valence-corrected chi connectivity index (χ4v) is 3.60. The third-order valence-corrected chi connectivity index (χ3v) is 5.02. The van der Waals surface area contributed by atoms with Gasteiger partial charge in [-0.25, -0.2) is 4.79 Å². The van der Waals surface area contributed by atoms with Crippen LogP contribution in [0, 0.1) is 0 Å². The van der Waals surface area contributed by atoms with Crippen LogP contribution in [0.25, 0.3) is 27.9 Å². The number of rotatable bonds is 3. The Morgan fingerprint density at radius 1 is 0.846 bits per heavy atom. The topological polar surface area (TPSA) is 31.2 Å². The number of carbonyl (C=O) groups is 1. The summed E-state index contributed by atoms with van der Waals surface area (Å²) in [6.07, 6.45) is 3.17. The van der Waals surface area contributed by atoms with Gasteiger partial charge in [-0.1, -0.05) is 62.2 Å². The van der Waals surface area contributed by atoms with Crippen molar-refractivity contribution in [2.45, 2.75) is 0 Å². The van der Waals surface area contributed by atoms with E-state index in [0.29, 0.717) is 0 Å². The van der Waals surface area contributed by atoms with Crippen molar-refractivity contribution in [3.63, 3.8) is 0 Å². The first-order valence-corrected chi connectivity index (χ1v) is 9.55. The van der Waals surface area contributed by atoms with E-state index >= 15 is 0 Å². The molecule has 0 saturated carbocycles. The maximum Gasteiger partial charge on any atom is 0.356 e. The van der Waals surface area contributed by atoms with E-state index in [9.17, 15) is 4.79 Å². The molecular formula is C21H13Br2NO2. The van der Waals surface area contributed by atoms with Crippen molar-refractivity contribution >= 4 is 65.7 Å². The Balaban J connectivity index is 1.75. The van der Waals surface area contributed by atoms with Gasteiger partial charge in [0, 0.05) is 25.8 Å². The zero-order chi connectivity index (χ0) is 18.1. The second-order valence-electron chi connectivity index (χ2n) is 5.77. The molecule has 0 atom stereocenters. The van der Waals surface area contributed by atoms with Crippen LogP contribution in [0.2, 0.25) is 0 Å². The molecule has 0 unspecified atom stereocenters. The Labute approximate surface area is 167 Å². The summed E-state index contributed by atoms with van der Waals surface area (Å²) in [5, 5.41) is 2.02. The van der Waals surface area contributed by atoms with E-state index in [1.54, 1.807) is 10.8 Å². The monoisotopic (exact) mass is 469 g/mol. The van der Waals surface area contributed by atoms with Crippen LogP contribution in [-0.4, -0.2) is 10.7 Å². The van der Waals surface area contributed by atoms with Gasteiger partial charge in [0.05, 0.1) is 11.0 Å². The minimum absolute atomic E-state index is 0.432. The summed E-state index contributed by atoms with van der Waals surface area (Å²) in [5.74, 6) is -0.432. The summed E-state index contributed by atoms with van der Waals surface area (Å²) < 4.78 is 3.53. The summed E-state index contributed by atoms with van der Waals surface area (Å²) >= 11 is 7.02. The first kappa shape index (κ1) is 17.1. The van der Waals surface area contributed by atoms with Crippen LogP contribution < -0.4 is 4.84 Å². The van der Waals surface area contributed by atoms with Crippen molar-refractivity contribution in [2.75, 3.05) is 0 Å². The average molecular weight is 471 g/mol. The second kappa shape index (κ2) is 7.09. The van der Waals surface area contributed by atoms with Gasteiger partial charge in [-0.2, -0.15) is 4.73 Å². The zero-order valence-corrected chi connectivity index (χ0v) is 16.7. The SMILES string of the molecule is O=C(C=Cc1ccccc1)On1c2ccc(Br)cc2c2cc(Br)ccc21. The maximum absolute atomic E-state index is 12.4. The third-order valence-electron chi connectivity index (χ3n) is 4.04. The average Bonchev–Trinajstić information content (AvgIpc) is 2.93. The highest BCUT2D eigenvalue weighted by atomic mass is 79.9. The molecule has 0 amide bonds. The lowest BCUT2D eigenvalue weighted by Crippen LogP contribution is -2.17. The van der Waals surface area contributed by atoms with E-state index in [2.05, 4.69) is 31.9 Å². The van der Waals surface area contributed by atoms with E-state index in [0.717, 1.165) is 36.3 Å². The number of hydrogen-bond acceptors (Lipinski definition) is 2. The molecule has 0 bridgehead atoms. The molecule has 0 fully saturated rings. The Kier molecular flexibility index (Phi) is 4.66. The van der Waals surface area contributed by atoms with Crippen molar-refractivity contribution in [1.29, 1.82) is 0 Å². The molecule has 0 aliphatic heterocycles. The molecular weight excluding hydrogens is 458 g/mol. The Morgan fingerprint density at radius 2 is 1.42 bits per heavy atom. The highest BCUT2D eigenvalue weighted by Gasteiger charge is 2.14. The van der Waals surface area contributed by atoms with Gasteiger partial charge in [0.1, 0.15) is 0 Å². The van der Waals surface area contributed by atoms with Crippen LogP contribution in [0.15, 0.2) is 81.8 Å². The van der Waals surface area contributed by atoms with Gasteiger partial charge < -0.3 is 4.84 Å². The van der Waals surface area contributed by atoms with Crippen molar-refractivity contribution in [3.05, 3.63) is 87.3 Å². The molecule has 0 aliphatic carbocycles. The van der Waals surface area contributed by atoms with E-state index < -0.39 is 5.97 Å². The fraction of sp³-hybridized carbons (Fsp3) is 0. The number of hydrogen-bond donors (Lipinski definition) is 0. The highest BCUT2D eigenvalue weighted by Crippen LogP contribution is 2.32. The molecule has 1 aromatic heterocycles. The predicted octanol–water partition coefficient (Wildman–Crippen LogP) is 5.99. The highest BCUT2D eigenvalue weighted by molar-refractivity contribution is 9.10. The van der Waals surface area contributed by atoms with Crippen molar-refractivity contribution in [3.8, 4) is 0 Å². The summed E-state index contributed by atoms with van der Waals surface area (Å²) in [4.78, 5) is 18.0. The molecule has 0 spiro atoms. The number of fused-ring (bicyclic) bond motifs is 3. The van der Waals surface area contributed by atoms with Gasteiger partial charge >= 0.3 is 5.97 Å². The molecule has 3 nitrogen and oxygen atoms in total. The van der Waals surface area contributed by atoms with Crippen LogP contribution in [0.1, 0.15) is 5.56 Å². The maximum atomic E-state index is 12.4. The molecule has 1 heterocycles. The molecule has 0 N–H and O–H groups in total. The quantitative estimate of drug-likeness (QED) is 0.344. The fourth-order valence-electron chi connectivity index (χ4n) is 2.88. The number of carbonyl (C=O) groups excluding carboxylic acids is 1. The third kappa shape index (κ3) is 3.32. The summed E-state index contributed by atoms with van der Waals surface area (Å²) in [6, 6.07) is 21.4. The molecule has 5 heteroatoms. The van der Waals surface area contributed by atoms with Crippen molar-refractivity contribution in [1.82, 2.24) is 4.73 Å². The van der Waals surface area contributed by atoms with Crippen LogP contribution in [0.3, 0.4) is 0 Å². The lowest BCUT2D eigenvalue weighted by molar-refractivity contribution is -0.137. The molecule has 0 aliphatic rings. The number of aromatic nitrogens is 1. The first-order chi connectivity index (χ1) is 12.6. The van der Waals surface area contributed by atoms with Crippen LogP contribution in [0.4, 0.5) is 0 Å². The van der Waals surface area contributed by atoms with Gasteiger partial charge in [-0.15, -0.1) is 0 Å². The van der Waals surface area contributed by atoms with Crippen LogP contribution in [-0.2, 0) is 4.79 Å². The minimum Gasteiger partial charge on any atom is -0.331 e. The minimum atomic E-state index is -0.432. The van der Waals surface area contributed by atoms with Gasteiger partial charge in [0.15, 0.2) is 0 Å². The zero-order valence-electron chi connectivity index (χ0n) is 13.5. The van der Waals surface area contributed by atoms with E-state index in [1.807, 2.05) is 66.7 Å². The molecule has 0 saturated heterocycles. The van der Waals surface area contributed by atoms with E-state index in [1.165, 1.54) is 6.08 Å². The molecule has 26 heavy (non-hydrogen) atoms. The summed E-state index contributed by atoms with van der Waals surface area (Å²) in [7, 11) is 0. The Hall–Kier alpha value is -2.37. The molecule has 4 rings (SSSR count). The van der Waals surface area contributed by atoms with Gasteiger partial charge in [-0.3, -0.25) is 0 Å². The van der Waals surface area contributed by atoms with Crippen molar-refractivity contribution < 1.29 is 9.63 Å². The molecule has 3 aromatic carbocycles. The Morgan fingerprint density at radius 3 is 2.00 bits per heavy atom. The predicted molar refractivity (Wildman–Crippen MR) is 112 cm³/mol. The summed E-state index contributed by atoms with van der Waals surface area (Å²) in [5.41, 5.74) is 2.62. The van der Waals surface area contributed by atoms with Gasteiger partial charge in [0.25, 0.3) is 0 Å². The van der Waals surface area contributed by atoms with Gasteiger partial charge in [-0.05, 0) is 48.0 Å². The lowest BCUT2D eigenvalue weighted by Gasteiger charge is -2.06. The normalized spacial score (nSPS) is 11.5. The largest absolute Gasteiger partial charge is 0.356 e. The van der Waals surface area contributed by atoms with Crippen molar-refractivity contribution in [2.24, 2.45) is 0 Å². The first-order valence-electron chi connectivity index (χ1n) is 7.96. The number of halogens is 2. The lowest BCUT2D eigenvalue weighted by atomic mass is 10.2. The van der Waals surface area contributed by atoms with E-state index in [-0.39, 0.29) is 0 Å². The van der Waals surface area contributed by atoms with Crippen LogP contribution >= 0.6 is 31.9 Å². The number of nitrogens with zero attached hydrogens (tertiary/aromatic N) is 1. The molecule has 128 valence electrons. The molecule has 0 radical (unpaired) electrons. The standard InChI is InChI=1S/C21H13Br2NO2/c22-15-7-9-19-17(12-15)18-13-16(23)8-10-20(18)24(19)26-21(25)11-6-14-4-2-1-3-5-14/h1-13H. The summed E-state index contributed by atoms with van der Waals surface area (Å²) in [6.45, 7) is 0. The smallest absolute Gasteiger partial charge is 0.331 e. The van der Waals surface area contributed by atoms with Gasteiger partial charge in [0.2, 0.25) is 0 Å².